The molecule has 9 heteroatoms. The molecule has 8 nitrogen and oxygen atoms in total. The molecular weight excluding hydrogens is 532 g/mol. The summed E-state index contributed by atoms with van der Waals surface area (Å²) >= 11 is 6.36. The van der Waals surface area contributed by atoms with Crippen LogP contribution in [0.2, 0.25) is 5.02 Å². The van der Waals surface area contributed by atoms with Crippen molar-refractivity contribution in [3.8, 4) is 23.0 Å². The molecule has 2 amide bonds. The summed E-state index contributed by atoms with van der Waals surface area (Å²) in [6.07, 6.45) is 1.64. The third kappa shape index (κ3) is 6.34. The van der Waals surface area contributed by atoms with Gasteiger partial charge in [-0.15, -0.1) is 0 Å². The van der Waals surface area contributed by atoms with E-state index in [1.165, 1.54) is 21.3 Å². The van der Waals surface area contributed by atoms with Crippen molar-refractivity contribution in [2.45, 2.75) is 6.92 Å². The van der Waals surface area contributed by atoms with E-state index in [0.29, 0.717) is 54.0 Å². The monoisotopic (exact) mass is 564 g/mol. The molecule has 1 fully saturated rings. The van der Waals surface area contributed by atoms with Crippen LogP contribution in [-0.2, 0) is 4.79 Å². The highest BCUT2D eigenvalue weighted by Gasteiger charge is 2.26. The van der Waals surface area contributed by atoms with E-state index in [9.17, 15) is 9.59 Å². The zero-order valence-electron chi connectivity index (χ0n) is 23.3. The lowest BCUT2D eigenvalue weighted by Gasteiger charge is -2.34. The van der Waals surface area contributed by atoms with E-state index in [-0.39, 0.29) is 11.8 Å². The second-order valence-corrected chi connectivity index (χ2v) is 9.77. The molecule has 210 valence electrons. The van der Waals surface area contributed by atoms with Crippen LogP contribution in [0.15, 0.2) is 60.7 Å². The van der Waals surface area contributed by atoms with Gasteiger partial charge in [0.15, 0.2) is 11.5 Å². The molecule has 1 heterocycles. The Bertz CT molecular complexity index is 1370. The van der Waals surface area contributed by atoms with Crippen LogP contribution in [0, 0.1) is 6.92 Å². The first-order valence-electron chi connectivity index (χ1n) is 12.8. The van der Waals surface area contributed by atoms with Crippen LogP contribution in [0.1, 0.15) is 27.0 Å². The number of hydrogen-bond donors (Lipinski definition) is 0. The first-order chi connectivity index (χ1) is 19.3. The number of carbonyl (C=O) groups excluding carboxylic acids is 2. The molecule has 4 rings (SSSR count). The standard InChI is InChI=1S/C31H33ClN2O6/c1-20-14-22(16-24(32)15-20)26(21-6-8-25(37-2)9-7-21)19-29(35)33-10-12-34(13-11-33)31(36)23-17-27(38-3)30(40-5)28(18-23)39-4/h6-9,14-19H,10-13H2,1-5H3/b26-19+. The Labute approximate surface area is 239 Å². The Balaban J connectivity index is 1.54. The average Bonchev–Trinajstić information content (AvgIpc) is 2.98. The summed E-state index contributed by atoms with van der Waals surface area (Å²) in [7, 11) is 6.14. The summed E-state index contributed by atoms with van der Waals surface area (Å²) in [5, 5.41) is 0.598. The van der Waals surface area contributed by atoms with E-state index in [2.05, 4.69) is 0 Å². The quantitative estimate of drug-likeness (QED) is 0.354. The normalized spacial score (nSPS) is 13.6. The number of rotatable bonds is 8. The minimum absolute atomic E-state index is 0.136. The molecule has 0 radical (unpaired) electrons. The fraction of sp³-hybridized carbons (Fsp3) is 0.290. The van der Waals surface area contributed by atoms with Crippen molar-refractivity contribution in [1.82, 2.24) is 9.80 Å². The first-order valence-corrected chi connectivity index (χ1v) is 13.2. The fourth-order valence-corrected chi connectivity index (χ4v) is 5.02. The summed E-state index contributed by atoms with van der Waals surface area (Å²) in [6, 6.07) is 16.6. The maximum absolute atomic E-state index is 13.5. The highest BCUT2D eigenvalue weighted by atomic mass is 35.5. The predicted molar refractivity (Wildman–Crippen MR) is 155 cm³/mol. The van der Waals surface area contributed by atoms with E-state index in [0.717, 1.165) is 28.0 Å². The second kappa shape index (κ2) is 12.8. The molecule has 0 spiro atoms. The highest BCUT2D eigenvalue weighted by Crippen LogP contribution is 2.38. The number of hydrogen-bond acceptors (Lipinski definition) is 6. The predicted octanol–water partition coefficient (Wildman–Crippen LogP) is 5.10. The molecular formula is C31H33ClN2O6. The molecule has 3 aromatic carbocycles. The number of piperazine rings is 1. The fourth-order valence-electron chi connectivity index (χ4n) is 4.73. The van der Waals surface area contributed by atoms with Crippen LogP contribution in [0.5, 0.6) is 23.0 Å². The number of benzene rings is 3. The zero-order chi connectivity index (χ0) is 28.8. The molecule has 0 bridgehead atoms. The molecule has 0 unspecified atom stereocenters. The van der Waals surface area contributed by atoms with Crippen molar-refractivity contribution in [1.29, 1.82) is 0 Å². The lowest BCUT2D eigenvalue weighted by atomic mass is 9.96. The number of ether oxygens (including phenoxy) is 4. The third-order valence-corrected chi connectivity index (χ3v) is 7.03. The molecule has 1 aliphatic rings. The molecule has 40 heavy (non-hydrogen) atoms. The lowest BCUT2D eigenvalue weighted by Crippen LogP contribution is -2.50. The molecule has 0 N–H and O–H groups in total. The van der Waals surface area contributed by atoms with E-state index in [1.54, 1.807) is 35.1 Å². The summed E-state index contributed by atoms with van der Waals surface area (Å²) < 4.78 is 21.4. The van der Waals surface area contributed by atoms with Gasteiger partial charge in [-0.05, 0) is 65.6 Å². The Morgan fingerprint density at radius 2 is 1.32 bits per heavy atom. The molecule has 0 aromatic heterocycles. The van der Waals surface area contributed by atoms with Gasteiger partial charge in [-0.3, -0.25) is 9.59 Å². The van der Waals surface area contributed by atoms with Gasteiger partial charge < -0.3 is 28.7 Å². The summed E-state index contributed by atoms with van der Waals surface area (Å²) in [6.45, 7) is 3.55. The molecule has 0 saturated carbocycles. The Hall–Kier alpha value is -4.17. The number of methoxy groups -OCH3 is 4. The third-order valence-electron chi connectivity index (χ3n) is 6.81. The molecule has 1 saturated heterocycles. The Morgan fingerprint density at radius 3 is 1.85 bits per heavy atom. The lowest BCUT2D eigenvalue weighted by molar-refractivity contribution is -0.127. The molecule has 0 aliphatic carbocycles. The largest absolute Gasteiger partial charge is 0.497 e. The maximum atomic E-state index is 13.5. The van der Waals surface area contributed by atoms with Gasteiger partial charge in [-0.2, -0.15) is 0 Å². The number of aryl methyl sites for hydroxylation is 1. The van der Waals surface area contributed by atoms with Gasteiger partial charge in [0.2, 0.25) is 11.7 Å². The van der Waals surface area contributed by atoms with Crippen molar-refractivity contribution >= 4 is 29.0 Å². The van der Waals surface area contributed by atoms with Gasteiger partial charge in [0, 0.05) is 42.8 Å². The van der Waals surface area contributed by atoms with Crippen molar-refractivity contribution in [2.75, 3.05) is 54.6 Å². The topological polar surface area (TPSA) is 77.5 Å². The van der Waals surface area contributed by atoms with Crippen LogP contribution in [0.3, 0.4) is 0 Å². The first kappa shape index (κ1) is 28.8. The number of amides is 2. The summed E-state index contributed by atoms with van der Waals surface area (Å²) in [5.74, 6) is 1.66. The number of nitrogens with zero attached hydrogens (tertiary/aromatic N) is 2. The number of carbonyl (C=O) groups is 2. The van der Waals surface area contributed by atoms with E-state index in [1.807, 2.05) is 49.4 Å². The van der Waals surface area contributed by atoms with E-state index < -0.39 is 0 Å². The van der Waals surface area contributed by atoms with Crippen LogP contribution in [-0.4, -0.2) is 76.2 Å². The second-order valence-electron chi connectivity index (χ2n) is 9.34. The molecule has 0 atom stereocenters. The molecule has 1 aliphatic heterocycles. The van der Waals surface area contributed by atoms with Gasteiger partial charge in [0.05, 0.1) is 28.4 Å². The van der Waals surface area contributed by atoms with Gasteiger partial charge in [-0.1, -0.05) is 29.8 Å². The maximum Gasteiger partial charge on any atom is 0.254 e. The minimum Gasteiger partial charge on any atom is -0.497 e. The molecule has 3 aromatic rings. The van der Waals surface area contributed by atoms with Crippen LogP contribution < -0.4 is 18.9 Å². The van der Waals surface area contributed by atoms with Gasteiger partial charge in [-0.25, -0.2) is 0 Å². The van der Waals surface area contributed by atoms with Crippen LogP contribution >= 0.6 is 11.6 Å². The Morgan fingerprint density at radius 1 is 0.725 bits per heavy atom. The highest BCUT2D eigenvalue weighted by molar-refractivity contribution is 6.30. The van der Waals surface area contributed by atoms with E-state index >= 15 is 0 Å². The van der Waals surface area contributed by atoms with Gasteiger partial charge in [0.25, 0.3) is 5.91 Å². The van der Waals surface area contributed by atoms with Crippen LogP contribution in [0.25, 0.3) is 5.57 Å². The van der Waals surface area contributed by atoms with Gasteiger partial charge in [0.1, 0.15) is 5.75 Å². The summed E-state index contributed by atoms with van der Waals surface area (Å²) in [5.41, 5.74) is 3.89. The minimum atomic E-state index is -0.171. The SMILES string of the molecule is COc1ccc(/C(=C\C(=O)N2CCN(C(=O)c3cc(OC)c(OC)c(OC)c3)CC2)c2cc(C)cc(Cl)c2)cc1. The number of halogens is 1. The zero-order valence-corrected chi connectivity index (χ0v) is 24.1. The summed E-state index contributed by atoms with van der Waals surface area (Å²) in [4.78, 5) is 30.3. The van der Waals surface area contributed by atoms with Crippen LogP contribution in [0.4, 0.5) is 0 Å². The Kier molecular flexibility index (Phi) is 9.22. The van der Waals surface area contributed by atoms with Crippen molar-refractivity contribution in [3.63, 3.8) is 0 Å². The van der Waals surface area contributed by atoms with Crippen molar-refractivity contribution in [3.05, 3.63) is 87.9 Å². The smallest absolute Gasteiger partial charge is 0.254 e. The van der Waals surface area contributed by atoms with E-state index in [4.69, 9.17) is 30.5 Å². The van der Waals surface area contributed by atoms with Crippen molar-refractivity contribution in [2.24, 2.45) is 0 Å². The average molecular weight is 565 g/mol. The van der Waals surface area contributed by atoms with Gasteiger partial charge >= 0.3 is 0 Å². The van der Waals surface area contributed by atoms with Crippen molar-refractivity contribution < 1.29 is 28.5 Å².